The molecule has 3 nitrogen and oxygen atoms in total. The summed E-state index contributed by atoms with van der Waals surface area (Å²) in [5, 5.41) is 13.0. The Morgan fingerprint density at radius 1 is 0.880 bits per heavy atom. The van der Waals surface area contributed by atoms with Gasteiger partial charge in [-0.05, 0) is 59.8 Å². The second-order valence-corrected chi connectivity index (χ2v) is 6.21. The Kier molecular flexibility index (Phi) is 5.94. The minimum Gasteiger partial charge on any atom is -0.392 e. The molecule has 0 radical (unpaired) electrons. The molecule has 0 fully saturated rings. The third-order valence-electron chi connectivity index (χ3n) is 4.56. The van der Waals surface area contributed by atoms with E-state index in [4.69, 9.17) is 0 Å². The number of aliphatic hydroxyl groups is 1. The van der Waals surface area contributed by atoms with Crippen molar-refractivity contribution in [3.8, 4) is 11.1 Å². The van der Waals surface area contributed by atoms with Crippen LogP contribution in [0.1, 0.15) is 29.7 Å². The van der Waals surface area contributed by atoms with Gasteiger partial charge < -0.3 is 10.4 Å². The number of aliphatic hydroxyl groups excluding tert-OH is 1. The molecule has 0 saturated heterocycles. The van der Waals surface area contributed by atoms with Gasteiger partial charge in [-0.1, -0.05) is 48.5 Å². The second-order valence-electron chi connectivity index (χ2n) is 6.21. The van der Waals surface area contributed by atoms with Gasteiger partial charge in [-0.25, -0.2) is 0 Å². The predicted molar refractivity (Wildman–Crippen MR) is 102 cm³/mol. The first-order chi connectivity index (χ1) is 12.3. The van der Waals surface area contributed by atoms with Crippen LogP contribution in [-0.2, 0) is 13.0 Å². The zero-order chi connectivity index (χ0) is 17.5. The van der Waals surface area contributed by atoms with Crippen LogP contribution in [-0.4, -0.2) is 16.6 Å². The maximum absolute atomic E-state index is 9.40. The lowest BCUT2D eigenvalue weighted by Crippen LogP contribution is -2.21. The maximum Gasteiger partial charge on any atom is 0.0684 e. The van der Waals surface area contributed by atoms with E-state index in [0.29, 0.717) is 0 Å². The molecule has 0 bridgehead atoms. The molecule has 0 aliphatic heterocycles. The van der Waals surface area contributed by atoms with Crippen LogP contribution < -0.4 is 5.32 Å². The van der Waals surface area contributed by atoms with Crippen molar-refractivity contribution in [2.75, 3.05) is 6.54 Å². The molecule has 1 heterocycles. The Morgan fingerprint density at radius 3 is 2.20 bits per heavy atom. The Balaban J connectivity index is 1.57. The van der Waals surface area contributed by atoms with Gasteiger partial charge in [-0.3, -0.25) is 4.98 Å². The van der Waals surface area contributed by atoms with E-state index >= 15 is 0 Å². The van der Waals surface area contributed by atoms with Crippen LogP contribution in [0, 0.1) is 0 Å². The number of hydrogen-bond acceptors (Lipinski definition) is 3. The second kappa shape index (κ2) is 8.56. The lowest BCUT2D eigenvalue weighted by atomic mass is 10.0. The molecule has 1 atom stereocenters. The highest BCUT2D eigenvalue weighted by atomic mass is 16.3. The van der Waals surface area contributed by atoms with E-state index in [1.807, 2.05) is 42.7 Å². The van der Waals surface area contributed by atoms with Crippen LogP contribution >= 0.6 is 0 Å². The van der Waals surface area contributed by atoms with E-state index < -0.39 is 0 Å². The van der Waals surface area contributed by atoms with Gasteiger partial charge in [-0.15, -0.1) is 0 Å². The highest BCUT2D eigenvalue weighted by molar-refractivity contribution is 5.62. The normalized spacial score (nSPS) is 12.1. The van der Waals surface area contributed by atoms with Gasteiger partial charge in [0.15, 0.2) is 0 Å². The smallest absolute Gasteiger partial charge is 0.0684 e. The van der Waals surface area contributed by atoms with Crippen molar-refractivity contribution < 1.29 is 5.11 Å². The average molecular weight is 332 g/mol. The Morgan fingerprint density at radius 2 is 1.52 bits per heavy atom. The molecule has 25 heavy (non-hydrogen) atoms. The topological polar surface area (TPSA) is 45.1 Å². The monoisotopic (exact) mass is 332 g/mol. The first kappa shape index (κ1) is 17.3. The fraction of sp³-hybridized carbons (Fsp3) is 0.227. The molecule has 0 aliphatic carbocycles. The number of rotatable bonds is 7. The van der Waals surface area contributed by atoms with Crippen LogP contribution in [0.4, 0.5) is 0 Å². The molecular weight excluding hydrogens is 308 g/mol. The number of aromatic nitrogens is 1. The van der Waals surface area contributed by atoms with Crippen molar-refractivity contribution in [1.29, 1.82) is 0 Å². The minimum atomic E-state index is 0.0994. The quantitative estimate of drug-likeness (QED) is 0.684. The van der Waals surface area contributed by atoms with Crippen LogP contribution in [0.3, 0.4) is 0 Å². The van der Waals surface area contributed by atoms with Crippen molar-refractivity contribution in [2.45, 2.75) is 26.0 Å². The molecule has 3 rings (SSSR count). The molecule has 2 aromatic carbocycles. The first-order valence-corrected chi connectivity index (χ1v) is 8.69. The minimum absolute atomic E-state index is 0.0994. The third kappa shape index (κ3) is 4.53. The molecule has 0 saturated carbocycles. The van der Waals surface area contributed by atoms with E-state index in [9.17, 15) is 5.11 Å². The van der Waals surface area contributed by atoms with Gasteiger partial charge in [0.2, 0.25) is 0 Å². The van der Waals surface area contributed by atoms with Gasteiger partial charge >= 0.3 is 0 Å². The Hall–Kier alpha value is -2.49. The fourth-order valence-corrected chi connectivity index (χ4v) is 3.01. The summed E-state index contributed by atoms with van der Waals surface area (Å²) in [5.74, 6) is 0. The van der Waals surface area contributed by atoms with Crippen molar-refractivity contribution in [2.24, 2.45) is 0 Å². The van der Waals surface area contributed by atoms with Crippen LogP contribution in [0.25, 0.3) is 11.1 Å². The highest BCUT2D eigenvalue weighted by Crippen LogP contribution is 2.21. The van der Waals surface area contributed by atoms with Crippen molar-refractivity contribution >= 4 is 0 Å². The van der Waals surface area contributed by atoms with E-state index in [2.05, 4.69) is 47.6 Å². The summed E-state index contributed by atoms with van der Waals surface area (Å²) in [7, 11) is 0. The van der Waals surface area contributed by atoms with E-state index in [-0.39, 0.29) is 12.6 Å². The summed E-state index contributed by atoms with van der Waals surface area (Å²) in [6.07, 6.45) is 4.55. The Labute approximate surface area is 149 Å². The van der Waals surface area contributed by atoms with Gasteiger partial charge in [0, 0.05) is 18.4 Å². The third-order valence-corrected chi connectivity index (χ3v) is 4.56. The number of benzene rings is 2. The molecular formula is C22H24N2O. The number of nitrogens with one attached hydrogen (secondary N) is 1. The zero-order valence-electron chi connectivity index (χ0n) is 14.5. The zero-order valence-corrected chi connectivity index (χ0v) is 14.5. The average Bonchev–Trinajstić information content (AvgIpc) is 2.69. The van der Waals surface area contributed by atoms with Gasteiger partial charge in [0.1, 0.15) is 0 Å². The van der Waals surface area contributed by atoms with Crippen molar-refractivity contribution in [3.63, 3.8) is 0 Å². The molecule has 0 amide bonds. The molecule has 3 heteroatoms. The first-order valence-electron chi connectivity index (χ1n) is 8.69. The van der Waals surface area contributed by atoms with Crippen LogP contribution in [0.5, 0.6) is 0 Å². The number of hydrogen-bond donors (Lipinski definition) is 2. The fourth-order valence-electron chi connectivity index (χ4n) is 3.01. The summed E-state index contributed by atoms with van der Waals surface area (Å²) in [5.41, 5.74) is 5.88. The summed E-state index contributed by atoms with van der Waals surface area (Å²) in [4.78, 5) is 4.06. The van der Waals surface area contributed by atoms with Gasteiger partial charge in [-0.2, -0.15) is 0 Å². The van der Waals surface area contributed by atoms with Crippen molar-refractivity contribution in [1.82, 2.24) is 10.3 Å². The lowest BCUT2D eigenvalue weighted by molar-refractivity contribution is 0.280. The lowest BCUT2D eigenvalue weighted by Gasteiger charge is -2.15. The largest absolute Gasteiger partial charge is 0.392 e. The van der Waals surface area contributed by atoms with E-state index in [0.717, 1.165) is 18.5 Å². The van der Waals surface area contributed by atoms with Gasteiger partial charge in [0.25, 0.3) is 0 Å². The number of nitrogens with zero attached hydrogens (tertiary/aromatic N) is 1. The standard InChI is InChI=1S/C22H24N2O/c1-17(24-15-12-19-4-2-3-5-22(19)16-25)18-6-8-20(9-7-18)21-10-13-23-14-11-21/h2-11,13-14,17,24-25H,12,15-16H2,1H3. The molecule has 0 aliphatic rings. The van der Waals surface area contributed by atoms with Crippen LogP contribution in [0.2, 0.25) is 0 Å². The van der Waals surface area contributed by atoms with Gasteiger partial charge in [0.05, 0.1) is 6.61 Å². The molecule has 0 spiro atoms. The molecule has 3 aromatic rings. The summed E-state index contributed by atoms with van der Waals surface area (Å²) >= 11 is 0. The highest BCUT2D eigenvalue weighted by Gasteiger charge is 2.06. The number of pyridine rings is 1. The van der Waals surface area contributed by atoms with Crippen LogP contribution in [0.15, 0.2) is 73.1 Å². The molecule has 2 N–H and O–H groups in total. The Bertz CT molecular complexity index is 785. The molecule has 128 valence electrons. The summed E-state index contributed by atoms with van der Waals surface area (Å²) in [6.45, 7) is 3.16. The molecule has 1 aromatic heterocycles. The van der Waals surface area contributed by atoms with E-state index in [1.54, 1.807) is 0 Å². The molecule has 1 unspecified atom stereocenters. The SMILES string of the molecule is CC(NCCc1ccccc1CO)c1ccc(-c2ccncc2)cc1. The van der Waals surface area contributed by atoms with E-state index in [1.165, 1.54) is 22.3 Å². The summed E-state index contributed by atoms with van der Waals surface area (Å²) in [6, 6.07) is 21.1. The summed E-state index contributed by atoms with van der Waals surface area (Å²) < 4.78 is 0. The maximum atomic E-state index is 9.40. The van der Waals surface area contributed by atoms with Crippen molar-refractivity contribution in [3.05, 3.63) is 89.7 Å². The predicted octanol–water partition coefficient (Wildman–Crippen LogP) is 4.13.